The van der Waals surface area contributed by atoms with Gasteiger partial charge in [0.05, 0.1) is 0 Å². The Bertz CT molecular complexity index is 655. The van der Waals surface area contributed by atoms with Gasteiger partial charge in [0, 0.05) is 36.5 Å². The zero-order valence-corrected chi connectivity index (χ0v) is 11.1. The molecule has 2 fully saturated rings. The van der Waals surface area contributed by atoms with Gasteiger partial charge in [-0.2, -0.15) is 0 Å². The van der Waals surface area contributed by atoms with Crippen LogP contribution in [0.4, 0.5) is 14.6 Å². The minimum Gasteiger partial charge on any atom is -0.356 e. The van der Waals surface area contributed by atoms with Gasteiger partial charge in [0.25, 0.3) is 5.92 Å². The van der Waals surface area contributed by atoms with Crippen molar-refractivity contribution in [3.05, 3.63) is 36.5 Å². The van der Waals surface area contributed by atoms with Crippen molar-refractivity contribution in [2.45, 2.75) is 25.2 Å². The van der Waals surface area contributed by atoms with Gasteiger partial charge >= 0.3 is 0 Å². The first-order valence-corrected chi connectivity index (χ1v) is 7.08. The van der Waals surface area contributed by atoms with Gasteiger partial charge in [0.15, 0.2) is 0 Å². The van der Waals surface area contributed by atoms with Crippen molar-refractivity contribution in [2.75, 3.05) is 18.0 Å². The molecule has 1 saturated carbocycles. The molecule has 0 bridgehead atoms. The second-order valence-corrected chi connectivity index (χ2v) is 6.00. The summed E-state index contributed by atoms with van der Waals surface area (Å²) in [6, 6.07) is 10.1. The molecule has 1 aliphatic carbocycles. The van der Waals surface area contributed by atoms with E-state index in [1.54, 1.807) is 6.20 Å². The first kappa shape index (κ1) is 12.1. The second kappa shape index (κ2) is 3.90. The first-order chi connectivity index (χ1) is 9.61. The van der Waals surface area contributed by atoms with E-state index in [1.807, 2.05) is 24.3 Å². The first-order valence-electron chi connectivity index (χ1n) is 7.08. The van der Waals surface area contributed by atoms with Crippen LogP contribution < -0.4 is 4.90 Å². The van der Waals surface area contributed by atoms with Crippen LogP contribution in [-0.2, 0) is 0 Å². The van der Waals surface area contributed by atoms with Gasteiger partial charge in [-0.1, -0.05) is 24.3 Å². The van der Waals surface area contributed by atoms with Crippen LogP contribution in [0.5, 0.6) is 0 Å². The lowest BCUT2D eigenvalue weighted by molar-refractivity contribution is 0.0537. The molecule has 0 amide bonds. The third kappa shape index (κ3) is 1.63. The lowest BCUT2D eigenvalue weighted by Gasteiger charge is -2.33. The Morgan fingerprint density at radius 1 is 1.05 bits per heavy atom. The van der Waals surface area contributed by atoms with Crippen LogP contribution >= 0.6 is 0 Å². The van der Waals surface area contributed by atoms with Crippen LogP contribution in [0.25, 0.3) is 10.8 Å². The highest BCUT2D eigenvalue weighted by atomic mass is 19.3. The van der Waals surface area contributed by atoms with Gasteiger partial charge < -0.3 is 4.90 Å². The molecule has 0 atom stereocenters. The van der Waals surface area contributed by atoms with E-state index in [4.69, 9.17) is 0 Å². The molecule has 2 nitrogen and oxygen atoms in total. The fourth-order valence-electron chi connectivity index (χ4n) is 3.43. The zero-order chi connectivity index (χ0) is 13.8. The molecule has 1 saturated heterocycles. The van der Waals surface area contributed by atoms with Gasteiger partial charge in [0.1, 0.15) is 5.82 Å². The Balaban J connectivity index is 1.62. The molecule has 20 heavy (non-hydrogen) atoms. The largest absolute Gasteiger partial charge is 0.356 e. The minimum absolute atomic E-state index is 0.0802. The van der Waals surface area contributed by atoms with E-state index in [1.165, 1.54) is 0 Å². The molecule has 0 unspecified atom stereocenters. The zero-order valence-electron chi connectivity index (χ0n) is 11.1. The molecule has 1 aliphatic heterocycles. The van der Waals surface area contributed by atoms with E-state index in [-0.39, 0.29) is 6.42 Å². The number of alkyl halides is 2. The van der Waals surface area contributed by atoms with Gasteiger partial charge in [-0.3, -0.25) is 0 Å². The Kier molecular flexibility index (Phi) is 2.35. The Hall–Kier alpha value is -1.71. The van der Waals surface area contributed by atoms with Gasteiger partial charge in [-0.25, -0.2) is 13.8 Å². The lowest BCUT2D eigenvalue weighted by Crippen LogP contribution is -2.37. The molecule has 1 aromatic heterocycles. The molecule has 2 aromatic rings. The molecule has 0 radical (unpaired) electrons. The van der Waals surface area contributed by atoms with Crippen molar-refractivity contribution in [2.24, 2.45) is 5.41 Å². The number of hydrogen-bond donors (Lipinski definition) is 0. The Morgan fingerprint density at radius 3 is 2.45 bits per heavy atom. The van der Waals surface area contributed by atoms with Gasteiger partial charge in [-0.15, -0.1) is 0 Å². The third-order valence-electron chi connectivity index (χ3n) is 4.88. The highest BCUT2D eigenvalue weighted by Crippen LogP contribution is 2.65. The molecule has 104 valence electrons. The number of hydrogen-bond acceptors (Lipinski definition) is 2. The Morgan fingerprint density at radius 2 is 1.75 bits per heavy atom. The Labute approximate surface area is 116 Å². The van der Waals surface area contributed by atoms with Gasteiger partial charge in [0.2, 0.25) is 0 Å². The fraction of sp³-hybridized carbons (Fsp3) is 0.438. The number of fused-ring (bicyclic) bond motifs is 1. The summed E-state index contributed by atoms with van der Waals surface area (Å²) in [5.74, 6) is -1.49. The fourth-order valence-corrected chi connectivity index (χ4v) is 3.43. The summed E-state index contributed by atoms with van der Waals surface area (Å²) in [6.45, 7) is 1.35. The van der Waals surface area contributed by atoms with Crippen molar-refractivity contribution in [3.63, 3.8) is 0 Å². The summed E-state index contributed by atoms with van der Waals surface area (Å²) in [5, 5.41) is 2.25. The lowest BCUT2D eigenvalue weighted by atomic mass is 9.92. The minimum atomic E-state index is -2.43. The van der Waals surface area contributed by atoms with Gasteiger partial charge in [-0.05, 0) is 24.3 Å². The van der Waals surface area contributed by atoms with Crippen molar-refractivity contribution >= 4 is 16.6 Å². The van der Waals surface area contributed by atoms with Crippen LogP contribution in [0, 0.1) is 5.41 Å². The standard InChI is InChI=1S/C16H16F2N2/c17-16(18)11-15(16)6-9-20(10-7-15)14-13-4-2-1-3-12(13)5-8-19-14/h1-5,8H,6-7,9-11H2. The second-order valence-electron chi connectivity index (χ2n) is 6.00. The average molecular weight is 274 g/mol. The maximum absolute atomic E-state index is 13.4. The number of piperidine rings is 1. The molecule has 1 aromatic carbocycles. The van der Waals surface area contributed by atoms with Crippen molar-refractivity contribution in [1.82, 2.24) is 4.98 Å². The smallest absolute Gasteiger partial charge is 0.254 e. The average Bonchev–Trinajstić information content (AvgIpc) is 2.99. The third-order valence-corrected chi connectivity index (χ3v) is 4.88. The topological polar surface area (TPSA) is 16.1 Å². The van der Waals surface area contributed by atoms with Crippen molar-refractivity contribution in [3.8, 4) is 0 Å². The molecule has 2 aliphatic rings. The highest BCUT2D eigenvalue weighted by molar-refractivity contribution is 5.92. The van der Waals surface area contributed by atoms with E-state index in [0.717, 1.165) is 16.6 Å². The summed E-state index contributed by atoms with van der Waals surface area (Å²) in [4.78, 5) is 6.63. The van der Waals surface area contributed by atoms with E-state index in [9.17, 15) is 8.78 Å². The molecule has 4 heteroatoms. The van der Waals surface area contributed by atoms with E-state index < -0.39 is 11.3 Å². The van der Waals surface area contributed by atoms with E-state index >= 15 is 0 Å². The number of aromatic nitrogens is 1. The number of nitrogens with zero attached hydrogens (tertiary/aromatic N) is 2. The van der Waals surface area contributed by atoms with Crippen LogP contribution in [0.1, 0.15) is 19.3 Å². The SMILES string of the molecule is FC1(F)CC12CCN(c1nccc3ccccc13)CC2. The predicted molar refractivity (Wildman–Crippen MR) is 75.2 cm³/mol. The summed E-state index contributed by atoms with van der Waals surface area (Å²) in [7, 11) is 0. The monoisotopic (exact) mass is 274 g/mol. The normalized spacial score (nSPS) is 23.2. The highest BCUT2D eigenvalue weighted by Gasteiger charge is 2.70. The van der Waals surface area contributed by atoms with Crippen molar-refractivity contribution < 1.29 is 8.78 Å². The molecule has 2 heterocycles. The van der Waals surface area contributed by atoms with Crippen LogP contribution in [0.15, 0.2) is 36.5 Å². The summed E-state index contributed by atoms with van der Waals surface area (Å²) >= 11 is 0. The number of anilines is 1. The van der Waals surface area contributed by atoms with E-state index in [2.05, 4.69) is 16.0 Å². The number of halogens is 2. The molecular weight excluding hydrogens is 258 g/mol. The van der Waals surface area contributed by atoms with Crippen LogP contribution in [-0.4, -0.2) is 24.0 Å². The van der Waals surface area contributed by atoms with Crippen molar-refractivity contribution in [1.29, 1.82) is 0 Å². The number of pyridine rings is 1. The predicted octanol–water partition coefficient (Wildman–Crippen LogP) is 3.86. The van der Waals surface area contributed by atoms with Crippen LogP contribution in [0.3, 0.4) is 0 Å². The molecule has 0 N–H and O–H groups in total. The molecule has 4 rings (SSSR count). The summed E-state index contributed by atoms with van der Waals surface area (Å²) < 4.78 is 26.8. The molecular formula is C16H16F2N2. The maximum Gasteiger partial charge on any atom is 0.254 e. The quantitative estimate of drug-likeness (QED) is 0.785. The summed E-state index contributed by atoms with van der Waals surface area (Å²) in [5.41, 5.74) is -0.700. The van der Waals surface area contributed by atoms with E-state index in [0.29, 0.717) is 25.9 Å². The van der Waals surface area contributed by atoms with Crippen LogP contribution in [0.2, 0.25) is 0 Å². The maximum atomic E-state index is 13.4. The molecule has 1 spiro atoms. The number of rotatable bonds is 1. The summed E-state index contributed by atoms with van der Waals surface area (Å²) in [6.07, 6.45) is 3.03. The number of benzene rings is 1.